The number of rotatable bonds is 6. The van der Waals surface area contributed by atoms with Crippen LogP contribution in [0, 0.1) is 0 Å². The smallest absolute Gasteiger partial charge is 0.174 e. The van der Waals surface area contributed by atoms with Crippen LogP contribution in [-0.2, 0) is 6.42 Å². The summed E-state index contributed by atoms with van der Waals surface area (Å²) in [5, 5.41) is 5.87. The Bertz CT molecular complexity index is 524. The number of nitrogens with zero attached hydrogens (tertiary/aromatic N) is 1. The Balaban J connectivity index is 2.52. The highest BCUT2D eigenvalue weighted by Crippen LogP contribution is 2.34. The third-order valence-electron chi connectivity index (χ3n) is 2.52. The predicted octanol–water partition coefficient (Wildman–Crippen LogP) is 3.56. The van der Waals surface area contributed by atoms with Gasteiger partial charge in [-0.1, -0.05) is 21.1 Å². The minimum absolute atomic E-state index is 0.601. The van der Waals surface area contributed by atoms with Crippen molar-refractivity contribution in [2.24, 2.45) is 0 Å². The van der Waals surface area contributed by atoms with E-state index in [4.69, 9.17) is 14.0 Å². The van der Waals surface area contributed by atoms with Crippen molar-refractivity contribution in [3.05, 3.63) is 17.8 Å². The molecule has 0 spiro atoms. The van der Waals surface area contributed by atoms with Crippen molar-refractivity contribution >= 4 is 26.9 Å². The molecule has 2 aromatic rings. The number of alkyl halides is 1. The van der Waals surface area contributed by atoms with E-state index in [2.05, 4.69) is 21.1 Å². The SMILES string of the molecule is CCOc1cc(OCC)c2c(CCBr)noc2c1. The van der Waals surface area contributed by atoms with Crippen molar-refractivity contribution in [1.29, 1.82) is 0 Å². The number of benzene rings is 1. The van der Waals surface area contributed by atoms with Crippen molar-refractivity contribution < 1.29 is 14.0 Å². The third kappa shape index (κ3) is 2.61. The van der Waals surface area contributed by atoms with Gasteiger partial charge in [-0.2, -0.15) is 0 Å². The molecule has 0 amide bonds. The molecule has 0 bridgehead atoms. The quantitative estimate of drug-likeness (QED) is 0.765. The van der Waals surface area contributed by atoms with Gasteiger partial charge in [-0.3, -0.25) is 0 Å². The Kier molecular flexibility index (Phi) is 4.47. The highest BCUT2D eigenvalue weighted by Gasteiger charge is 2.15. The minimum atomic E-state index is 0.601. The first-order valence-corrected chi connectivity index (χ1v) is 7.16. The topological polar surface area (TPSA) is 44.5 Å². The van der Waals surface area contributed by atoms with Crippen LogP contribution in [0.4, 0.5) is 0 Å². The predicted molar refractivity (Wildman–Crippen MR) is 73.8 cm³/mol. The van der Waals surface area contributed by atoms with Gasteiger partial charge in [0.25, 0.3) is 0 Å². The average molecular weight is 314 g/mol. The van der Waals surface area contributed by atoms with Crippen molar-refractivity contribution in [2.75, 3.05) is 18.5 Å². The summed E-state index contributed by atoms with van der Waals surface area (Å²) in [6.07, 6.45) is 0.807. The van der Waals surface area contributed by atoms with E-state index in [-0.39, 0.29) is 0 Å². The fraction of sp³-hybridized carbons (Fsp3) is 0.462. The summed E-state index contributed by atoms with van der Waals surface area (Å²) in [7, 11) is 0. The van der Waals surface area contributed by atoms with Crippen molar-refractivity contribution in [1.82, 2.24) is 5.16 Å². The van der Waals surface area contributed by atoms with Crippen LogP contribution in [0.5, 0.6) is 11.5 Å². The van der Waals surface area contributed by atoms with Crippen LogP contribution < -0.4 is 9.47 Å². The van der Waals surface area contributed by atoms with Crippen LogP contribution >= 0.6 is 15.9 Å². The Morgan fingerprint density at radius 2 is 2.00 bits per heavy atom. The molecule has 0 atom stereocenters. The van der Waals surface area contributed by atoms with Crippen LogP contribution in [0.1, 0.15) is 19.5 Å². The molecule has 5 heteroatoms. The second-order valence-electron chi connectivity index (χ2n) is 3.73. The van der Waals surface area contributed by atoms with Crippen LogP contribution in [-0.4, -0.2) is 23.7 Å². The molecular weight excluding hydrogens is 298 g/mol. The van der Waals surface area contributed by atoms with E-state index in [9.17, 15) is 0 Å². The largest absolute Gasteiger partial charge is 0.494 e. The van der Waals surface area contributed by atoms with E-state index in [0.29, 0.717) is 18.8 Å². The van der Waals surface area contributed by atoms with Gasteiger partial charge in [0.15, 0.2) is 5.58 Å². The second-order valence-corrected chi connectivity index (χ2v) is 4.52. The number of hydrogen-bond acceptors (Lipinski definition) is 4. The molecule has 0 aliphatic rings. The number of aromatic nitrogens is 1. The molecule has 0 aliphatic heterocycles. The van der Waals surface area contributed by atoms with Gasteiger partial charge in [0.2, 0.25) is 0 Å². The molecule has 0 aliphatic carbocycles. The molecule has 2 rings (SSSR count). The summed E-state index contributed by atoms with van der Waals surface area (Å²) >= 11 is 3.41. The fourth-order valence-electron chi connectivity index (χ4n) is 1.85. The van der Waals surface area contributed by atoms with Crippen LogP contribution in [0.15, 0.2) is 16.7 Å². The van der Waals surface area contributed by atoms with Gasteiger partial charge in [-0.15, -0.1) is 0 Å². The van der Waals surface area contributed by atoms with Gasteiger partial charge in [0.1, 0.15) is 11.5 Å². The molecule has 0 saturated heterocycles. The molecule has 0 saturated carbocycles. The van der Waals surface area contributed by atoms with E-state index in [1.54, 1.807) is 0 Å². The van der Waals surface area contributed by atoms with Gasteiger partial charge in [0.05, 0.1) is 24.3 Å². The number of hydrogen-bond donors (Lipinski definition) is 0. The highest BCUT2D eigenvalue weighted by molar-refractivity contribution is 9.09. The van der Waals surface area contributed by atoms with E-state index in [1.165, 1.54) is 0 Å². The number of ether oxygens (including phenoxy) is 2. The van der Waals surface area contributed by atoms with Gasteiger partial charge < -0.3 is 14.0 Å². The van der Waals surface area contributed by atoms with Crippen molar-refractivity contribution in [2.45, 2.75) is 20.3 Å². The molecule has 0 unspecified atom stereocenters. The summed E-state index contributed by atoms with van der Waals surface area (Å²) in [5.41, 5.74) is 1.62. The Hall–Kier alpha value is -1.23. The van der Waals surface area contributed by atoms with Crippen LogP contribution in [0.3, 0.4) is 0 Å². The average Bonchev–Trinajstić information content (AvgIpc) is 2.74. The lowest BCUT2D eigenvalue weighted by Crippen LogP contribution is -1.97. The molecule has 18 heavy (non-hydrogen) atoms. The lowest BCUT2D eigenvalue weighted by atomic mass is 10.1. The lowest BCUT2D eigenvalue weighted by molar-refractivity contribution is 0.325. The summed E-state index contributed by atoms with van der Waals surface area (Å²) in [6, 6.07) is 3.75. The Morgan fingerprint density at radius 1 is 1.22 bits per heavy atom. The summed E-state index contributed by atoms with van der Waals surface area (Å²) in [4.78, 5) is 0. The monoisotopic (exact) mass is 313 g/mol. The van der Waals surface area contributed by atoms with E-state index in [0.717, 1.165) is 34.3 Å². The minimum Gasteiger partial charge on any atom is -0.494 e. The van der Waals surface area contributed by atoms with E-state index < -0.39 is 0 Å². The molecular formula is C13H16BrNO3. The normalized spacial score (nSPS) is 10.8. The van der Waals surface area contributed by atoms with E-state index >= 15 is 0 Å². The lowest BCUT2D eigenvalue weighted by Gasteiger charge is -2.08. The summed E-state index contributed by atoms with van der Waals surface area (Å²) < 4.78 is 16.5. The maximum atomic E-state index is 5.66. The second kappa shape index (κ2) is 6.09. The number of fused-ring (bicyclic) bond motifs is 1. The zero-order valence-electron chi connectivity index (χ0n) is 10.5. The first kappa shape index (κ1) is 13.2. The van der Waals surface area contributed by atoms with Crippen molar-refractivity contribution in [3.8, 4) is 11.5 Å². The molecule has 1 aromatic carbocycles. The zero-order valence-corrected chi connectivity index (χ0v) is 12.1. The van der Waals surface area contributed by atoms with Crippen LogP contribution in [0.25, 0.3) is 11.0 Å². The first-order valence-electron chi connectivity index (χ1n) is 6.04. The fourth-order valence-corrected chi connectivity index (χ4v) is 2.23. The van der Waals surface area contributed by atoms with Crippen LogP contribution in [0.2, 0.25) is 0 Å². The maximum Gasteiger partial charge on any atom is 0.174 e. The molecule has 0 fully saturated rings. The zero-order chi connectivity index (χ0) is 13.0. The standard InChI is InChI=1S/C13H16BrNO3/c1-3-16-9-7-11(17-4-2)13-10(5-6-14)15-18-12(13)8-9/h7-8H,3-6H2,1-2H3. The number of halogens is 1. The van der Waals surface area contributed by atoms with Gasteiger partial charge in [-0.05, 0) is 13.8 Å². The molecule has 98 valence electrons. The van der Waals surface area contributed by atoms with Crippen molar-refractivity contribution in [3.63, 3.8) is 0 Å². The third-order valence-corrected chi connectivity index (χ3v) is 2.92. The molecule has 0 N–H and O–H groups in total. The number of aryl methyl sites for hydroxylation is 1. The molecule has 0 radical (unpaired) electrons. The first-order chi connectivity index (χ1) is 8.80. The van der Waals surface area contributed by atoms with E-state index in [1.807, 2.05) is 26.0 Å². The molecule has 1 heterocycles. The maximum absolute atomic E-state index is 5.66. The molecule has 1 aromatic heterocycles. The summed E-state index contributed by atoms with van der Waals surface area (Å²) in [6.45, 7) is 5.11. The Morgan fingerprint density at radius 3 is 2.67 bits per heavy atom. The van der Waals surface area contributed by atoms with Gasteiger partial charge in [0, 0.05) is 23.9 Å². The summed E-state index contributed by atoms with van der Waals surface area (Å²) in [5.74, 6) is 1.52. The van der Waals surface area contributed by atoms with Gasteiger partial charge in [-0.25, -0.2) is 0 Å². The molecule has 4 nitrogen and oxygen atoms in total. The highest BCUT2D eigenvalue weighted by atomic mass is 79.9. The Labute approximate surface area is 114 Å². The van der Waals surface area contributed by atoms with Gasteiger partial charge >= 0.3 is 0 Å².